The number of esters is 1. The van der Waals surface area contributed by atoms with Crippen LogP contribution >= 0.6 is 0 Å². The van der Waals surface area contributed by atoms with Gasteiger partial charge in [0.2, 0.25) is 0 Å². The van der Waals surface area contributed by atoms with Gasteiger partial charge in [0.15, 0.2) is 12.1 Å². The second kappa shape index (κ2) is 18.0. The van der Waals surface area contributed by atoms with Crippen molar-refractivity contribution in [2.24, 2.45) is 17.3 Å². The Bertz CT molecular complexity index is 1320. The first-order valence-electron chi connectivity index (χ1n) is 19.1. The highest BCUT2D eigenvalue weighted by Gasteiger charge is 2.52. The van der Waals surface area contributed by atoms with Gasteiger partial charge in [-0.1, -0.05) is 26.0 Å². The molecule has 0 saturated carbocycles. The van der Waals surface area contributed by atoms with Crippen LogP contribution in [0.4, 0.5) is 0 Å². The smallest absolute Gasteiger partial charge is 0.319 e. The molecule has 0 radical (unpaired) electrons. The number of cyclic esters (lactones) is 1. The minimum absolute atomic E-state index is 0.100. The van der Waals surface area contributed by atoms with E-state index in [0.717, 1.165) is 45.0 Å². The van der Waals surface area contributed by atoms with Gasteiger partial charge in [0.25, 0.3) is 0 Å². The van der Waals surface area contributed by atoms with E-state index in [-0.39, 0.29) is 29.9 Å². The van der Waals surface area contributed by atoms with E-state index in [1.54, 1.807) is 35.0 Å². The van der Waals surface area contributed by atoms with Crippen LogP contribution in [0.1, 0.15) is 66.9 Å². The molecule has 3 fully saturated rings. The Kier molecular flexibility index (Phi) is 14.7. The first-order valence-corrected chi connectivity index (χ1v) is 19.1. The van der Waals surface area contributed by atoms with Crippen molar-refractivity contribution in [3.05, 3.63) is 29.8 Å². The number of carbonyl (C=O) groups excluding carboxylic acids is 2. The van der Waals surface area contributed by atoms with Crippen molar-refractivity contribution in [3.63, 3.8) is 0 Å². The van der Waals surface area contributed by atoms with Crippen molar-refractivity contribution in [2.45, 2.75) is 116 Å². The molecule has 3 heterocycles. The largest absolute Gasteiger partial charge is 0.497 e. The van der Waals surface area contributed by atoms with E-state index in [1.165, 1.54) is 5.56 Å². The monoisotopic (exact) mass is 733 g/mol. The highest BCUT2D eigenvalue weighted by atomic mass is 16.7. The standard InChI is InChI=1S/C40H68N4O8/c1-26-22-40(7,49-12)36(52-37-34(45)32(41(8)9)20-27(2)50-37)28(3)35(46)39(5,6)38(47)51-29(4)33(42(10)23-26)25-44-18-16-43(17-19-44)24-30-14-13-15-31(21-30)48-11/h13-15,21,26-29,32-34,36-37,45H,16-20,22-25H2,1-12H3/t26-,27-,28+,29+,32+,33+,34-,36-,37+,40-/m1/s1. The second-order valence-electron chi connectivity index (χ2n) is 16.8. The van der Waals surface area contributed by atoms with Crippen LogP contribution in [-0.4, -0.2) is 159 Å². The molecule has 4 rings (SSSR count). The molecule has 1 aromatic rings. The molecule has 0 aromatic heterocycles. The maximum absolute atomic E-state index is 14.4. The number of carbonyl (C=O) groups is 2. The summed E-state index contributed by atoms with van der Waals surface area (Å²) in [6, 6.07) is 7.95. The summed E-state index contributed by atoms with van der Waals surface area (Å²) in [5.41, 5.74) is -1.17. The predicted octanol–water partition coefficient (Wildman–Crippen LogP) is 3.53. The van der Waals surface area contributed by atoms with Gasteiger partial charge < -0.3 is 33.7 Å². The van der Waals surface area contributed by atoms with Crippen molar-refractivity contribution < 1.29 is 38.4 Å². The van der Waals surface area contributed by atoms with Crippen LogP contribution in [0.25, 0.3) is 0 Å². The van der Waals surface area contributed by atoms with Gasteiger partial charge in [0.05, 0.1) is 31.0 Å². The summed E-state index contributed by atoms with van der Waals surface area (Å²) in [7, 11) is 9.29. The molecule has 3 aliphatic rings. The van der Waals surface area contributed by atoms with Crippen molar-refractivity contribution in [2.75, 3.05) is 74.6 Å². The Morgan fingerprint density at radius 1 is 1.00 bits per heavy atom. The van der Waals surface area contributed by atoms with E-state index in [9.17, 15) is 14.7 Å². The third kappa shape index (κ3) is 10.1. The molecule has 3 aliphatic heterocycles. The number of hydrogen-bond acceptors (Lipinski definition) is 12. The Morgan fingerprint density at radius 3 is 2.27 bits per heavy atom. The Hall–Kier alpha value is -2.16. The van der Waals surface area contributed by atoms with Crippen LogP contribution in [0.3, 0.4) is 0 Å². The molecule has 1 aromatic carbocycles. The average molecular weight is 733 g/mol. The molecular formula is C40H68N4O8. The lowest BCUT2D eigenvalue weighted by atomic mass is 9.74. The van der Waals surface area contributed by atoms with Gasteiger partial charge in [-0.3, -0.25) is 24.3 Å². The number of piperazine rings is 1. The molecular weight excluding hydrogens is 664 g/mol. The van der Waals surface area contributed by atoms with Crippen LogP contribution in [0, 0.1) is 17.3 Å². The van der Waals surface area contributed by atoms with Gasteiger partial charge >= 0.3 is 5.97 Å². The first kappa shape index (κ1) is 42.6. The van der Waals surface area contributed by atoms with Gasteiger partial charge in [-0.15, -0.1) is 0 Å². The van der Waals surface area contributed by atoms with E-state index in [0.29, 0.717) is 19.4 Å². The zero-order valence-electron chi connectivity index (χ0n) is 34.0. The molecule has 296 valence electrons. The Labute approximate surface area is 313 Å². The number of ketones is 1. The zero-order valence-corrected chi connectivity index (χ0v) is 34.0. The maximum Gasteiger partial charge on any atom is 0.319 e. The van der Waals surface area contributed by atoms with Crippen molar-refractivity contribution >= 4 is 11.8 Å². The SMILES string of the molecule is COc1cccc(CN2CCN(C[C@H]3[C@H](C)OC(=O)C(C)(C)C(=O)[C@H](C)[C@@H](O[C@@H]4O[C@H](C)C[C@H](N(C)C)[C@H]4O)[C@](C)(OC)C[C@@H](C)CN3C)CC2)c1. The summed E-state index contributed by atoms with van der Waals surface area (Å²) in [5.74, 6) is -0.646. The van der Waals surface area contributed by atoms with Crippen LogP contribution in [0.5, 0.6) is 5.75 Å². The molecule has 12 nitrogen and oxygen atoms in total. The summed E-state index contributed by atoms with van der Waals surface area (Å²) in [4.78, 5) is 37.6. The summed E-state index contributed by atoms with van der Waals surface area (Å²) < 4.78 is 30.8. The maximum atomic E-state index is 14.4. The fourth-order valence-corrected chi connectivity index (χ4v) is 8.56. The number of benzene rings is 1. The highest BCUT2D eigenvalue weighted by molar-refractivity contribution is 6.04. The number of hydrogen-bond donors (Lipinski definition) is 1. The Morgan fingerprint density at radius 2 is 1.65 bits per heavy atom. The molecule has 0 aliphatic carbocycles. The lowest BCUT2D eigenvalue weighted by Gasteiger charge is -2.47. The molecule has 12 heteroatoms. The second-order valence-corrected chi connectivity index (χ2v) is 16.8. The van der Waals surface area contributed by atoms with E-state index < -0.39 is 47.5 Å². The topological polar surface area (TPSA) is 113 Å². The van der Waals surface area contributed by atoms with E-state index in [4.69, 9.17) is 23.7 Å². The summed E-state index contributed by atoms with van der Waals surface area (Å²) in [6.07, 6.45) is -2.14. The normalized spacial score (nSPS) is 36.5. The summed E-state index contributed by atoms with van der Waals surface area (Å²) in [6.45, 7) is 19.1. The number of aliphatic hydroxyl groups is 1. The molecule has 10 atom stereocenters. The van der Waals surface area contributed by atoms with Crippen LogP contribution in [0.2, 0.25) is 0 Å². The quantitative estimate of drug-likeness (QED) is 0.296. The molecule has 3 saturated heterocycles. The summed E-state index contributed by atoms with van der Waals surface area (Å²) >= 11 is 0. The van der Waals surface area contributed by atoms with Gasteiger partial charge in [-0.25, -0.2) is 0 Å². The Balaban J connectivity index is 1.55. The lowest BCUT2D eigenvalue weighted by Crippen LogP contribution is -2.59. The number of ether oxygens (including phenoxy) is 5. The molecule has 52 heavy (non-hydrogen) atoms. The predicted molar refractivity (Wildman–Crippen MR) is 201 cm³/mol. The first-order chi connectivity index (χ1) is 24.4. The number of methoxy groups -OCH3 is 2. The van der Waals surface area contributed by atoms with Gasteiger partial charge in [0, 0.05) is 64.9 Å². The van der Waals surface area contributed by atoms with Crippen molar-refractivity contribution in [1.29, 1.82) is 0 Å². The van der Waals surface area contributed by atoms with Crippen LogP contribution < -0.4 is 4.74 Å². The average Bonchev–Trinajstić information content (AvgIpc) is 3.10. The number of rotatable bonds is 9. The highest BCUT2D eigenvalue weighted by Crippen LogP contribution is 2.38. The third-order valence-corrected chi connectivity index (χ3v) is 11.8. The van der Waals surface area contributed by atoms with Crippen LogP contribution in [-0.2, 0) is 35.1 Å². The zero-order chi connectivity index (χ0) is 38.5. The van der Waals surface area contributed by atoms with Gasteiger partial charge in [-0.05, 0) is 92.2 Å². The third-order valence-electron chi connectivity index (χ3n) is 11.8. The number of Topliss-reactive ketones (excluding diaryl/α,β-unsaturated/α-hetero) is 1. The van der Waals surface area contributed by atoms with Crippen molar-refractivity contribution in [1.82, 2.24) is 19.6 Å². The molecule has 0 amide bonds. The van der Waals surface area contributed by atoms with E-state index in [2.05, 4.69) is 40.8 Å². The van der Waals surface area contributed by atoms with E-state index >= 15 is 0 Å². The van der Waals surface area contributed by atoms with Gasteiger partial charge in [-0.2, -0.15) is 0 Å². The fraction of sp³-hybridized carbons (Fsp3) is 0.800. The molecule has 1 N–H and O–H groups in total. The molecule has 0 unspecified atom stereocenters. The van der Waals surface area contributed by atoms with E-state index in [1.807, 2.05) is 51.9 Å². The lowest BCUT2D eigenvalue weighted by molar-refractivity contribution is -0.295. The fourth-order valence-electron chi connectivity index (χ4n) is 8.56. The number of aliphatic hydroxyl groups excluding tert-OH is 1. The molecule has 0 spiro atoms. The minimum atomic E-state index is -1.45. The number of likely N-dealkylation sites (N-methyl/N-ethyl adjacent to an activating group) is 2. The van der Waals surface area contributed by atoms with Crippen molar-refractivity contribution in [3.8, 4) is 5.75 Å². The number of nitrogens with zero attached hydrogens (tertiary/aromatic N) is 4. The minimum Gasteiger partial charge on any atom is -0.497 e. The van der Waals surface area contributed by atoms with Gasteiger partial charge in [0.1, 0.15) is 23.4 Å². The summed E-state index contributed by atoms with van der Waals surface area (Å²) in [5, 5.41) is 11.4. The molecule has 0 bridgehead atoms. The van der Waals surface area contributed by atoms with Crippen LogP contribution in [0.15, 0.2) is 24.3 Å².